The second-order valence-electron chi connectivity index (χ2n) is 6.64. The Bertz CT molecular complexity index is 1120. The molecule has 0 saturated carbocycles. The van der Waals surface area contributed by atoms with Crippen LogP contribution in [0.15, 0.2) is 34.1 Å². The number of halogens is 1. The summed E-state index contributed by atoms with van der Waals surface area (Å²) >= 11 is 0. The summed E-state index contributed by atoms with van der Waals surface area (Å²) in [6.07, 6.45) is 1.38. The Morgan fingerprint density at radius 1 is 1.14 bits per heavy atom. The molecule has 0 radical (unpaired) electrons. The molecule has 0 saturated heterocycles. The number of phenolic OH excluding ortho intramolecular Hbond substituents is 2. The van der Waals surface area contributed by atoms with E-state index in [4.69, 9.17) is 0 Å². The topological polar surface area (TPSA) is 135 Å². The van der Waals surface area contributed by atoms with E-state index < -0.39 is 11.8 Å². The van der Waals surface area contributed by atoms with Crippen LogP contribution in [0.5, 0.6) is 11.5 Å². The van der Waals surface area contributed by atoms with Crippen LogP contribution in [0.2, 0.25) is 0 Å². The average molecular weight is 426 g/mol. The summed E-state index contributed by atoms with van der Waals surface area (Å²) in [4.78, 5) is 28.5. The SMILES string of the molecule is Cl.Cn1c(=O)c2c(ncn2CCCNC[C@@H](O)c2ccc(O)c(O)c2)n(C)c1=O. The minimum atomic E-state index is -0.831. The van der Waals surface area contributed by atoms with E-state index in [9.17, 15) is 24.9 Å². The number of hydrogen-bond acceptors (Lipinski definition) is 7. The van der Waals surface area contributed by atoms with Crippen LogP contribution in [0, 0.1) is 0 Å². The summed E-state index contributed by atoms with van der Waals surface area (Å²) in [5, 5.41) is 32.0. The molecule has 10 nitrogen and oxygen atoms in total. The molecule has 0 bridgehead atoms. The van der Waals surface area contributed by atoms with Gasteiger partial charge in [0.05, 0.1) is 12.4 Å². The van der Waals surface area contributed by atoms with Crippen molar-refractivity contribution in [2.24, 2.45) is 14.1 Å². The molecule has 2 heterocycles. The third-order valence-corrected chi connectivity index (χ3v) is 4.69. The number of rotatable bonds is 7. The zero-order valence-corrected chi connectivity index (χ0v) is 16.9. The van der Waals surface area contributed by atoms with Crippen molar-refractivity contribution in [3.8, 4) is 11.5 Å². The lowest BCUT2D eigenvalue weighted by Crippen LogP contribution is -2.37. The first-order chi connectivity index (χ1) is 13.3. The number of fused-ring (bicyclic) bond motifs is 1. The first-order valence-corrected chi connectivity index (χ1v) is 8.82. The van der Waals surface area contributed by atoms with Crippen LogP contribution in [0.4, 0.5) is 0 Å². The van der Waals surface area contributed by atoms with Crippen molar-refractivity contribution in [3.05, 3.63) is 50.9 Å². The molecule has 0 aliphatic carbocycles. The number of nitrogens with zero attached hydrogens (tertiary/aromatic N) is 4. The van der Waals surface area contributed by atoms with Gasteiger partial charge in [0, 0.05) is 27.2 Å². The van der Waals surface area contributed by atoms with Crippen LogP contribution in [0.25, 0.3) is 11.2 Å². The summed E-state index contributed by atoms with van der Waals surface area (Å²) in [5.74, 6) is -0.514. The minimum absolute atomic E-state index is 0. The lowest BCUT2D eigenvalue weighted by atomic mass is 10.1. The molecule has 2 aromatic heterocycles. The molecule has 0 aliphatic rings. The molecular weight excluding hydrogens is 402 g/mol. The van der Waals surface area contributed by atoms with Crippen LogP contribution in [0.1, 0.15) is 18.1 Å². The zero-order chi connectivity index (χ0) is 20.4. The number of aliphatic hydroxyl groups excluding tert-OH is 1. The van der Waals surface area contributed by atoms with Crippen LogP contribution in [-0.4, -0.2) is 47.1 Å². The number of aliphatic hydroxyl groups is 1. The second kappa shape index (κ2) is 9.12. The average Bonchev–Trinajstić information content (AvgIpc) is 3.10. The molecule has 3 aromatic rings. The fourth-order valence-corrected chi connectivity index (χ4v) is 3.05. The van der Waals surface area contributed by atoms with Crippen LogP contribution in [0.3, 0.4) is 0 Å². The third-order valence-electron chi connectivity index (χ3n) is 4.69. The standard InChI is InChI=1S/C18H23N5O5.ClH/c1-21-16-15(17(27)22(2)18(21)28)23(10-20-16)7-3-6-19-9-14(26)11-4-5-12(24)13(25)8-11;/h4-5,8,10,14,19,24-26H,3,6-7,9H2,1-2H3;1H/t14-;/m1./s1. The van der Waals surface area contributed by atoms with Crippen molar-refractivity contribution in [3.63, 3.8) is 0 Å². The van der Waals surface area contributed by atoms with Crippen molar-refractivity contribution in [1.82, 2.24) is 24.0 Å². The van der Waals surface area contributed by atoms with Crippen molar-refractivity contribution in [2.75, 3.05) is 13.1 Å². The molecule has 29 heavy (non-hydrogen) atoms. The van der Waals surface area contributed by atoms with Crippen molar-refractivity contribution in [1.29, 1.82) is 0 Å². The van der Waals surface area contributed by atoms with Gasteiger partial charge in [-0.3, -0.25) is 13.9 Å². The van der Waals surface area contributed by atoms with Gasteiger partial charge in [0.25, 0.3) is 5.56 Å². The van der Waals surface area contributed by atoms with Gasteiger partial charge in [-0.05, 0) is 30.7 Å². The van der Waals surface area contributed by atoms with Gasteiger partial charge in [0.1, 0.15) is 0 Å². The summed E-state index contributed by atoms with van der Waals surface area (Å²) in [5.41, 5.74) is 0.422. The Morgan fingerprint density at radius 2 is 1.86 bits per heavy atom. The number of hydrogen-bond donors (Lipinski definition) is 4. The van der Waals surface area contributed by atoms with Gasteiger partial charge in [0.2, 0.25) is 0 Å². The maximum atomic E-state index is 12.4. The second-order valence-corrected chi connectivity index (χ2v) is 6.64. The molecule has 0 spiro atoms. The smallest absolute Gasteiger partial charge is 0.332 e. The lowest BCUT2D eigenvalue weighted by molar-refractivity contribution is 0.174. The molecule has 0 amide bonds. The van der Waals surface area contributed by atoms with Gasteiger partial charge in [0.15, 0.2) is 22.7 Å². The molecule has 1 aromatic carbocycles. The van der Waals surface area contributed by atoms with E-state index >= 15 is 0 Å². The summed E-state index contributed by atoms with van der Waals surface area (Å²) in [6, 6.07) is 4.18. The Hall–Kier alpha value is -2.82. The van der Waals surface area contributed by atoms with Gasteiger partial charge in [-0.2, -0.15) is 0 Å². The van der Waals surface area contributed by atoms with Gasteiger partial charge >= 0.3 is 5.69 Å². The van der Waals surface area contributed by atoms with E-state index in [2.05, 4.69) is 10.3 Å². The molecule has 3 rings (SSSR count). The van der Waals surface area contributed by atoms with Gasteiger partial charge < -0.3 is 25.2 Å². The molecule has 0 fully saturated rings. The predicted octanol–water partition coefficient (Wildman–Crippen LogP) is -0.0200. The fraction of sp³-hybridized carbons (Fsp3) is 0.389. The monoisotopic (exact) mass is 425 g/mol. The third kappa shape index (κ3) is 4.44. The van der Waals surface area contributed by atoms with Gasteiger partial charge in [-0.1, -0.05) is 6.07 Å². The lowest BCUT2D eigenvalue weighted by Gasteiger charge is -2.13. The maximum Gasteiger partial charge on any atom is 0.332 e. The van der Waals surface area contributed by atoms with E-state index in [0.29, 0.717) is 36.2 Å². The summed E-state index contributed by atoms with van der Waals surface area (Å²) in [6.45, 7) is 1.37. The molecule has 158 valence electrons. The Balaban J connectivity index is 0.00000300. The highest BCUT2D eigenvalue weighted by Crippen LogP contribution is 2.27. The van der Waals surface area contributed by atoms with Crippen molar-refractivity contribution in [2.45, 2.75) is 19.1 Å². The molecule has 4 N–H and O–H groups in total. The summed E-state index contributed by atoms with van der Waals surface area (Å²) < 4.78 is 4.12. The zero-order valence-electron chi connectivity index (χ0n) is 16.1. The molecule has 11 heteroatoms. The molecule has 0 unspecified atom stereocenters. The van der Waals surface area contributed by atoms with Gasteiger partial charge in [-0.15, -0.1) is 12.4 Å². The first kappa shape index (κ1) is 22.5. The highest BCUT2D eigenvalue weighted by atomic mass is 35.5. The van der Waals surface area contributed by atoms with Crippen molar-refractivity contribution >= 4 is 23.6 Å². The number of benzene rings is 1. The van der Waals surface area contributed by atoms with Gasteiger partial charge in [-0.25, -0.2) is 9.78 Å². The Morgan fingerprint density at radius 3 is 2.55 bits per heavy atom. The Kier molecular flexibility index (Phi) is 7.07. The number of aromatic hydroxyl groups is 2. The quantitative estimate of drug-likeness (QED) is 0.308. The van der Waals surface area contributed by atoms with Crippen LogP contribution >= 0.6 is 12.4 Å². The van der Waals surface area contributed by atoms with E-state index in [0.717, 1.165) is 4.57 Å². The predicted molar refractivity (Wildman–Crippen MR) is 110 cm³/mol. The Labute approximate surface area is 172 Å². The van der Waals surface area contributed by atoms with E-state index in [1.54, 1.807) is 24.0 Å². The normalized spacial score (nSPS) is 12.1. The number of phenols is 2. The maximum absolute atomic E-state index is 12.4. The number of imidazole rings is 1. The van der Waals surface area contributed by atoms with Crippen LogP contribution < -0.4 is 16.6 Å². The number of aryl methyl sites for hydroxylation is 2. The highest BCUT2D eigenvalue weighted by Gasteiger charge is 2.14. The number of aromatic nitrogens is 4. The highest BCUT2D eigenvalue weighted by molar-refractivity contribution is 5.85. The van der Waals surface area contributed by atoms with E-state index in [1.165, 1.54) is 23.7 Å². The molecule has 0 aliphatic heterocycles. The van der Waals surface area contributed by atoms with Crippen molar-refractivity contribution < 1.29 is 15.3 Å². The van der Waals surface area contributed by atoms with E-state index in [1.807, 2.05) is 0 Å². The van der Waals surface area contributed by atoms with E-state index in [-0.39, 0.29) is 36.0 Å². The molecular formula is C18H24ClN5O5. The first-order valence-electron chi connectivity index (χ1n) is 8.82. The largest absolute Gasteiger partial charge is 0.504 e. The van der Waals surface area contributed by atoms with Crippen LogP contribution in [-0.2, 0) is 20.6 Å². The molecule has 1 atom stereocenters. The number of nitrogens with one attached hydrogen (secondary N) is 1. The fourth-order valence-electron chi connectivity index (χ4n) is 3.05. The minimum Gasteiger partial charge on any atom is -0.504 e. The summed E-state index contributed by atoms with van der Waals surface area (Å²) in [7, 11) is 3.01.